The van der Waals surface area contributed by atoms with Crippen molar-refractivity contribution in [2.45, 2.75) is 25.7 Å². The molecule has 0 bridgehead atoms. The minimum absolute atomic E-state index is 0.267. The third kappa shape index (κ3) is 2.75. The van der Waals surface area contributed by atoms with E-state index in [1.54, 1.807) is 0 Å². The Kier molecular flexibility index (Phi) is 4.23. The molecule has 0 saturated heterocycles. The first kappa shape index (κ1) is 18.8. The summed E-state index contributed by atoms with van der Waals surface area (Å²) in [5.74, 6) is 0. The van der Waals surface area contributed by atoms with E-state index in [1.807, 2.05) is 0 Å². The van der Waals surface area contributed by atoms with E-state index >= 15 is 0 Å². The van der Waals surface area contributed by atoms with Gasteiger partial charge in [-0.1, -0.05) is 72.8 Å². The predicted molar refractivity (Wildman–Crippen MR) is 140 cm³/mol. The topological polar surface area (TPSA) is 6.48 Å². The summed E-state index contributed by atoms with van der Waals surface area (Å²) in [6.07, 6.45) is 13.9. The average molecular weight is 424 g/mol. The highest BCUT2D eigenvalue weighted by molar-refractivity contribution is 6.94. The number of allylic oxidation sites excluding steroid dienone is 6. The normalized spacial score (nSPS) is 18.4. The molecule has 3 heteroatoms. The Balaban J connectivity index is 1.54. The maximum absolute atomic E-state index is 2.56. The summed E-state index contributed by atoms with van der Waals surface area (Å²) in [6, 6.07) is 28.9. The third-order valence-corrected chi connectivity index (χ3v) is 7.33. The van der Waals surface area contributed by atoms with Crippen molar-refractivity contribution in [1.29, 1.82) is 0 Å². The molecular weight excluding hydrogens is 399 g/mol. The second-order valence-corrected chi connectivity index (χ2v) is 9.15. The molecule has 0 N–H and O–H groups in total. The zero-order chi connectivity index (χ0) is 21.8. The van der Waals surface area contributed by atoms with Gasteiger partial charge in [0.15, 0.2) is 0 Å². The molecule has 2 nitrogen and oxygen atoms in total. The molecule has 3 aromatic carbocycles. The molecule has 3 aromatic rings. The molecule has 2 aliphatic heterocycles. The van der Waals surface area contributed by atoms with Crippen LogP contribution in [0.4, 0.5) is 17.1 Å². The van der Waals surface area contributed by atoms with E-state index in [1.165, 1.54) is 50.6 Å². The van der Waals surface area contributed by atoms with Gasteiger partial charge in [0.25, 0.3) is 6.71 Å². The molecule has 4 aliphatic rings. The Morgan fingerprint density at radius 3 is 2.06 bits per heavy atom. The van der Waals surface area contributed by atoms with E-state index < -0.39 is 0 Å². The van der Waals surface area contributed by atoms with Crippen molar-refractivity contribution >= 4 is 34.7 Å². The van der Waals surface area contributed by atoms with Crippen molar-refractivity contribution in [3.63, 3.8) is 0 Å². The third-order valence-electron chi connectivity index (χ3n) is 7.33. The molecule has 0 atom stereocenters. The molecule has 0 radical (unpaired) electrons. The van der Waals surface area contributed by atoms with E-state index in [0.29, 0.717) is 0 Å². The Morgan fingerprint density at radius 1 is 0.636 bits per heavy atom. The Labute approximate surface area is 195 Å². The first-order valence-corrected chi connectivity index (χ1v) is 12.1. The summed E-state index contributed by atoms with van der Waals surface area (Å²) in [4.78, 5) is 5.04. The van der Waals surface area contributed by atoms with Crippen molar-refractivity contribution in [2.24, 2.45) is 0 Å². The second kappa shape index (κ2) is 7.42. The minimum atomic E-state index is 0.267. The van der Waals surface area contributed by atoms with Crippen molar-refractivity contribution in [2.75, 3.05) is 9.80 Å². The quantitative estimate of drug-likeness (QED) is 0.468. The van der Waals surface area contributed by atoms with Crippen LogP contribution in [0, 0.1) is 0 Å². The van der Waals surface area contributed by atoms with Crippen LogP contribution in [0.2, 0.25) is 0 Å². The van der Waals surface area contributed by atoms with Crippen molar-refractivity contribution < 1.29 is 0 Å². The van der Waals surface area contributed by atoms with Crippen LogP contribution in [0.3, 0.4) is 0 Å². The van der Waals surface area contributed by atoms with E-state index in [-0.39, 0.29) is 6.71 Å². The summed E-state index contributed by atoms with van der Waals surface area (Å²) >= 11 is 0. The molecule has 33 heavy (non-hydrogen) atoms. The fourth-order valence-electron chi connectivity index (χ4n) is 6.04. The van der Waals surface area contributed by atoms with Crippen LogP contribution in [0.1, 0.15) is 25.7 Å². The number of rotatable bonds is 2. The van der Waals surface area contributed by atoms with Gasteiger partial charge in [0.2, 0.25) is 0 Å². The molecule has 7 rings (SSSR count). The smallest absolute Gasteiger partial charge is 0.251 e. The van der Waals surface area contributed by atoms with Crippen LogP contribution in [0.25, 0.3) is 0 Å². The zero-order valence-corrected chi connectivity index (χ0v) is 18.6. The summed E-state index contributed by atoms with van der Waals surface area (Å²) < 4.78 is 0. The highest BCUT2D eigenvalue weighted by Crippen LogP contribution is 2.46. The lowest BCUT2D eigenvalue weighted by molar-refractivity contribution is 0.859. The monoisotopic (exact) mass is 424 g/mol. The largest absolute Gasteiger partial charge is 0.315 e. The fraction of sp³-hybridized carbons (Fsp3) is 0.133. The molecule has 0 amide bonds. The number of nitrogens with zero attached hydrogens (tertiary/aromatic N) is 2. The second-order valence-electron chi connectivity index (χ2n) is 9.15. The summed E-state index contributed by atoms with van der Waals surface area (Å²) in [7, 11) is 0. The lowest BCUT2D eigenvalue weighted by Gasteiger charge is -2.47. The maximum atomic E-state index is 2.56. The van der Waals surface area contributed by atoms with Gasteiger partial charge in [-0.05, 0) is 72.4 Å². The Bertz CT molecular complexity index is 1380. The highest BCUT2D eigenvalue weighted by Gasteiger charge is 2.45. The molecule has 2 heterocycles. The number of benzene rings is 3. The predicted octanol–water partition coefficient (Wildman–Crippen LogP) is 5.97. The molecule has 0 aromatic heterocycles. The standard InChI is InChI=1S/C30H25BN2/c1-3-12-22(13-4-1)32-26-18-9-7-16-24(26)31-25-17-8-10-19-27(25)33(23-14-5-2-6-15-23)29-21-11-20-28(32)30(29)31/h1,3-5,7-10,12-20H,2,6,11,21H2. The van der Waals surface area contributed by atoms with Gasteiger partial charge in [-0.15, -0.1) is 0 Å². The summed E-state index contributed by atoms with van der Waals surface area (Å²) in [6.45, 7) is 0.267. The van der Waals surface area contributed by atoms with Gasteiger partial charge in [0, 0.05) is 34.2 Å². The fourth-order valence-corrected chi connectivity index (χ4v) is 6.04. The van der Waals surface area contributed by atoms with Gasteiger partial charge in [0.1, 0.15) is 0 Å². The number of hydrogen-bond acceptors (Lipinski definition) is 2. The summed E-state index contributed by atoms with van der Waals surface area (Å²) in [5, 5.41) is 0. The molecular formula is C30H25BN2. The lowest BCUT2D eigenvalue weighted by atomic mass is 9.32. The molecule has 0 fully saturated rings. The van der Waals surface area contributed by atoms with Crippen molar-refractivity contribution in [3.05, 3.63) is 126 Å². The first-order chi connectivity index (χ1) is 16.4. The van der Waals surface area contributed by atoms with Crippen LogP contribution < -0.4 is 20.7 Å². The van der Waals surface area contributed by atoms with Gasteiger partial charge in [0.05, 0.1) is 0 Å². The molecule has 0 spiro atoms. The van der Waals surface area contributed by atoms with Gasteiger partial charge in [-0.2, -0.15) is 0 Å². The summed E-state index contributed by atoms with van der Waals surface area (Å²) in [5.41, 5.74) is 12.3. The van der Waals surface area contributed by atoms with Crippen molar-refractivity contribution in [3.8, 4) is 0 Å². The molecule has 2 aliphatic carbocycles. The minimum Gasteiger partial charge on any atom is -0.315 e. The SMILES string of the molecule is C1=CC(N2C3=C4B(c5ccccc52)c2ccccc2N(c2ccccc2)C4=CCC3)=CCC1. The van der Waals surface area contributed by atoms with Crippen molar-refractivity contribution in [1.82, 2.24) is 0 Å². The van der Waals surface area contributed by atoms with Crippen LogP contribution in [-0.2, 0) is 0 Å². The van der Waals surface area contributed by atoms with E-state index in [9.17, 15) is 0 Å². The van der Waals surface area contributed by atoms with E-state index in [0.717, 1.165) is 25.7 Å². The Morgan fingerprint density at radius 2 is 1.33 bits per heavy atom. The van der Waals surface area contributed by atoms with Gasteiger partial charge < -0.3 is 9.80 Å². The zero-order valence-electron chi connectivity index (χ0n) is 18.6. The van der Waals surface area contributed by atoms with E-state index in [2.05, 4.69) is 113 Å². The lowest BCUT2D eigenvalue weighted by Crippen LogP contribution is -2.57. The first-order valence-electron chi connectivity index (χ1n) is 12.1. The molecule has 0 unspecified atom stereocenters. The molecule has 158 valence electrons. The average Bonchev–Trinajstić information content (AvgIpc) is 2.89. The Hall–Kier alpha value is -3.72. The maximum Gasteiger partial charge on any atom is 0.251 e. The van der Waals surface area contributed by atoms with Gasteiger partial charge in [-0.3, -0.25) is 0 Å². The molecule has 0 saturated carbocycles. The number of anilines is 3. The van der Waals surface area contributed by atoms with Crippen LogP contribution >= 0.6 is 0 Å². The van der Waals surface area contributed by atoms with Crippen LogP contribution in [-0.4, -0.2) is 6.71 Å². The number of fused-ring (bicyclic) bond motifs is 4. The number of hydrogen-bond donors (Lipinski definition) is 0. The van der Waals surface area contributed by atoms with Crippen LogP contribution in [0.15, 0.2) is 126 Å². The van der Waals surface area contributed by atoms with Gasteiger partial charge >= 0.3 is 0 Å². The highest BCUT2D eigenvalue weighted by atomic mass is 15.2. The van der Waals surface area contributed by atoms with Crippen LogP contribution in [0.5, 0.6) is 0 Å². The van der Waals surface area contributed by atoms with E-state index in [4.69, 9.17) is 0 Å². The van der Waals surface area contributed by atoms with Gasteiger partial charge in [-0.25, -0.2) is 0 Å². The number of para-hydroxylation sites is 3.